The van der Waals surface area contributed by atoms with E-state index < -0.39 is 0 Å². The molecule has 29 heavy (non-hydrogen) atoms. The molecule has 0 atom stereocenters. The molecule has 0 N–H and O–H groups in total. The molecule has 3 heterocycles. The van der Waals surface area contributed by atoms with Crippen molar-refractivity contribution in [1.82, 2.24) is 19.7 Å². The van der Waals surface area contributed by atoms with E-state index in [0.29, 0.717) is 18.8 Å². The van der Waals surface area contributed by atoms with Crippen molar-refractivity contribution in [1.29, 1.82) is 0 Å². The summed E-state index contributed by atoms with van der Waals surface area (Å²) in [5.74, 6) is 1.12. The van der Waals surface area contributed by atoms with Gasteiger partial charge >= 0.3 is 0 Å². The molecule has 152 valence electrons. The Balaban J connectivity index is 1.27. The summed E-state index contributed by atoms with van der Waals surface area (Å²) in [7, 11) is 1.94. The third-order valence-electron chi connectivity index (χ3n) is 4.99. The van der Waals surface area contributed by atoms with Crippen molar-refractivity contribution in [3.05, 3.63) is 58.3 Å². The Labute approximate surface area is 177 Å². The van der Waals surface area contributed by atoms with Gasteiger partial charge < -0.3 is 14.4 Å². The number of aromatic nitrogens is 3. The second-order valence-electron chi connectivity index (χ2n) is 6.85. The number of nitrogens with zero attached hydrogens (tertiary/aromatic N) is 5. The van der Waals surface area contributed by atoms with Gasteiger partial charge in [-0.1, -0.05) is 17.8 Å². The SMILES string of the molecule is Cn1c(Cc2cccs2)nnc1SCC(=O)N1CCN(c2ccc(F)cc2)CC1. The standard InChI is InChI=1S/C20H22FN5OS2/c1-24-18(13-17-3-2-12-28-17)22-23-20(24)29-14-19(27)26-10-8-25(9-11-26)16-6-4-15(21)5-7-16/h2-7,12H,8-11,13-14H2,1H3. The monoisotopic (exact) mass is 431 g/mol. The molecule has 4 rings (SSSR count). The largest absolute Gasteiger partial charge is 0.368 e. The molecule has 1 aromatic carbocycles. The lowest BCUT2D eigenvalue weighted by Crippen LogP contribution is -2.49. The molecule has 0 radical (unpaired) electrons. The van der Waals surface area contributed by atoms with Gasteiger partial charge in [0.25, 0.3) is 0 Å². The molecular formula is C20H22FN5OS2. The number of thioether (sulfide) groups is 1. The molecule has 0 aliphatic carbocycles. The van der Waals surface area contributed by atoms with E-state index >= 15 is 0 Å². The fraction of sp³-hybridized carbons (Fsp3) is 0.350. The van der Waals surface area contributed by atoms with Crippen molar-refractivity contribution < 1.29 is 9.18 Å². The predicted octanol–water partition coefficient (Wildman–Crippen LogP) is 3.05. The van der Waals surface area contributed by atoms with Gasteiger partial charge in [-0.05, 0) is 35.7 Å². The average molecular weight is 432 g/mol. The maximum Gasteiger partial charge on any atom is 0.233 e. The van der Waals surface area contributed by atoms with Crippen molar-refractivity contribution in [3.63, 3.8) is 0 Å². The highest BCUT2D eigenvalue weighted by atomic mass is 32.2. The second kappa shape index (κ2) is 8.96. The summed E-state index contributed by atoms with van der Waals surface area (Å²) in [6.45, 7) is 2.83. The maximum atomic E-state index is 13.1. The summed E-state index contributed by atoms with van der Waals surface area (Å²) in [5, 5.41) is 11.3. The first-order valence-electron chi connectivity index (χ1n) is 9.42. The first-order valence-corrected chi connectivity index (χ1v) is 11.3. The number of carbonyl (C=O) groups excluding carboxylic acids is 1. The van der Waals surface area contributed by atoms with Gasteiger partial charge in [-0.2, -0.15) is 0 Å². The minimum atomic E-state index is -0.234. The summed E-state index contributed by atoms with van der Waals surface area (Å²) >= 11 is 3.13. The van der Waals surface area contributed by atoms with Crippen LogP contribution in [0.15, 0.2) is 46.9 Å². The van der Waals surface area contributed by atoms with Crippen molar-refractivity contribution in [3.8, 4) is 0 Å². The molecule has 0 spiro atoms. The zero-order valence-electron chi connectivity index (χ0n) is 16.1. The lowest BCUT2D eigenvalue weighted by atomic mass is 10.2. The van der Waals surface area contributed by atoms with Crippen LogP contribution in [0.5, 0.6) is 0 Å². The number of carbonyl (C=O) groups is 1. The van der Waals surface area contributed by atoms with Gasteiger partial charge in [0.2, 0.25) is 5.91 Å². The van der Waals surface area contributed by atoms with Gasteiger partial charge in [0.05, 0.1) is 5.75 Å². The Bertz CT molecular complexity index is 950. The molecule has 2 aromatic heterocycles. The molecular weight excluding hydrogens is 409 g/mol. The lowest BCUT2D eigenvalue weighted by molar-refractivity contribution is -0.128. The number of hydrogen-bond acceptors (Lipinski definition) is 6. The van der Waals surface area contributed by atoms with Gasteiger partial charge in [0.15, 0.2) is 5.16 Å². The number of thiophene rings is 1. The molecule has 9 heteroatoms. The normalized spacial score (nSPS) is 14.4. The van der Waals surface area contributed by atoms with E-state index in [0.717, 1.165) is 36.2 Å². The Morgan fingerprint density at radius 3 is 2.59 bits per heavy atom. The number of amides is 1. The summed E-state index contributed by atoms with van der Waals surface area (Å²) < 4.78 is 15.0. The second-order valence-corrected chi connectivity index (χ2v) is 8.82. The molecule has 1 saturated heterocycles. The van der Waals surface area contributed by atoms with E-state index in [9.17, 15) is 9.18 Å². The zero-order valence-corrected chi connectivity index (χ0v) is 17.8. The van der Waals surface area contributed by atoms with Crippen LogP contribution >= 0.6 is 23.1 Å². The third-order valence-corrected chi connectivity index (χ3v) is 6.87. The molecule has 1 fully saturated rings. The Hall–Kier alpha value is -2.39. The smallest absolute Gasteiger partial charge is 0.233 e. The van der Waals surface area contributed by atoms with E-state index in [1.807, 2.05) is 22.6 Å². The van der Waals surface area contributed by atoms with Gasteiger partial charge in [0, 0.05) is 50.2 Å². The molecule has 1 aliphatic rings. The average Bonchev–Trinajstić information content (AvgIpc) is 3.38. The van der Waals surface area contributed by atoms with Crippen LogP contribution in [0, 0.1) is 5.82 Å². The van der Waals surface area contributed by atoms with E-state index in [1.54, 1.807) is 23.5 Å². The van der Waals surface area contributed by atoms with Crippen LogP contribution in [-0.4, -0.2) is 57.5 Å². The summed E-state index contributed by atoms with van der Waals surface area (Å²) in [6, 6.07) is 10.6. The fourth-order valence-corrected chi connectivity index (χ4v) is 4.81. The number of anilines is 1. The number of piperazine rings is 1. The number of benzene rings is 1. The number of halogens is 1. The minimum absolute atomic E-state index is 0.108. The molecule has 1 amide bonds. The van der Waals surface area contributed by atoms with E-state index in [1.165, 1.54) is 28.8 Å². The van der Waals surface area contributed by atoms with Crippen LogP contribution in [-0.2, 0) is 18.3 Å². The van der Waals surface area contributed by atoms with Crippen LogP contribution in [0.4, 0.5) is 10.1 Å². The molecule has 0 unspecified atom stereocenters. The highest BCUT2D eigenvalue weighted by Crippen LogP contribution is 2.21. The quantitative estimate of drug-likeness (QED) is 0.562. The molecule has 0 bridgehead atoms. The maximum absolute atomic E-state index is 13.1. The van der Waals surface area contributed by atoms with E-state index in [-0.39, 0.29) is 11.7 Å². The molecule has 0 saturated carbocycles. The predicted molar refractivity (Wildman–Crippen MR) is 114 cm³/mol. The van der Waals surface area contributed by atoms with Gasteiger partial charge in [-0.3, -0.25) is 4.79 Å². The molecule has 6 nitrogen and oxygen atoms in total. The van der Waals surface area contributed by atoms with Crippen LogP contribution in [0.25, 0.3) is 0 Å². The van der Waals surface area contributed by atoms with Crippen molar-refractivity contribution in [2.45, 2.75) is 11.6 Å². The van der Waals surface area contributed by atoms with Crippen molar-refractivity contribution in [2.24, 2.45) is 7.05 Å². The summed E-state index contributed by atoms with van der Waals surface area (Å²) in [5.41, 5.74) is 0.991. The first-order chi connectivity index (χ1) is 14.1. The van der Waals surface area contributed by atoms with Crippen molar-refractivity contribution in [2.75, 3.05) is 36.8 Å². The Kier molecular flexibility index (Phi) is 6.15. The third kappa shape index (κ3) is 4.79. The van der Waals surface area contributed by atoms with Crippen LogP contribution in [0.3, 0.4) is 0 Å². The van der Waals surface area contributed by atoms with Crippen LogP contribution in [0.1, 0.15) is 10.7 Å². The van der Waals surface area contributed by atoms with Gasteiger partial charge in [-0.25, -0.2) is 4.39 Å². The Morgan fingerprint density at radius 1 is 1.14 bits per heavy atom. The molecule has 3 aromatic rings. The van der Waals surface area contributed by atoms with E-state index in [2.05, 4.69) is 26.5 Å². The van der Waals surface area contributed by atoms with Gasteiger partial charge in [0.1, 0.15) is 11.6 Å². The summed E-state index contributed by atoms with van der Waals surface area (Å²) in [6.07, 6.45) is 0.751. The minimum Gasteiger partial charge on any atom is -0.368 e. The fourth-order valence-electron chi connectivity index (χ4n) is 3.28. The highest BCUT2D eigenvalue weighted by molar-refractivity contribution is 7.99. The zero-order chi connectivity index (χ0) is 20.2. The number of hydrogen-bond donors (Lipinski definition) is 0. The van der Waals surface area contributed by atoms with E-state index in [4.69, 9.17) is 0 Å². The molecule has 1 aliphatic heterocycles. The van der Waals surface area contributed by atoms with Crippen molar-refractivity contribution >= 4 is 34.7 Å². The van der Waals surface area contributed by atoms with Crippen LogP contribution < -0.4 is 4.90 Å². The first kappa shape index (κ1) is 19.9. The lowest BCUT2D eigenvalue weighted by Gasteiger charge is -2.36. The summed E-state index contributed by atoms with van der Waals surface area (Å²) in [4.78, 5) is 17.9. The topological polar surface area (TPSA) is 54.3 Å². The van der Waals surface area contributed by atoms with Gasteiger partial charge in [-0.15, -0.1) is 21.5 Å². The number of rotatable bonds is 6. The highest BCUT2D eigenvalue weighted by Gasteiger charge is 2.22. The Morgan fingerprint density at radius 2 is 1.90 bits per heavy atom. The van der Waals surface area contributed by atoms with Crippen LogP contribution in [0.2, 0.25) is 0 Å².